The van der Waals surface area contributed by atoms with Crippen molar-refractivity contribution < 1.29 is 19.5 Å². The second kappa shape index (κ2) is 12.5. The van der Waals surface area contributed by atoms with Crippen LogP contribution in [0, 0.1) is 0 Å². The number of carboxylic acid groups (broad SMARTS) is 1. The Morgan fingerprint density at radius 2 is 1.35 bits per heavy atom. The molecule has 0 heterocycles. The van der Waals surface area contributed by atoms with Gasteiger partial charge in [0.05, 0.1) is 6.04 Å². The lowest BCUT2D eigenvalue weighted by atomic mass is 10.0. The van der Waals surface area contributed by atoms with Crippen molar-refractivity contribution in [3.8, 4) is 0 Å². The van der Waals surface area contributed by atoms with Crippen LogP contribution in [0.15, 0.2) is 60.7 Å². The molecule has 3 atom stereocenters. The number of hydrogen-bond acceptors (Lipinski definition) is 4. The van der Waals surface area contributed by atoms with E-state index in [4.69, 9.17) is 5.73 Å². The SMILES string of the molecule is CCCC[C@H](NC(=O)[C@@H](Cc1ccccc1)NC(=O)[C@@H](N)Cc1ccccc1)C(=O)O. The van der Waals surface area contributed by atoms with Gasteiger partial charge in [0.1, 0.15) is 12.1 Å². The lowest BCUT2D eigenvalue weighted by Gasteiger charge is -2.23. The van der Waals surface area contributed by atoms with Crippen LogP contribution in [-0.4, -0.2) is 41.0 Å². The van der Waals surface area contributed by atoms with Crippen molar-refractivity contribution in [2.75, 3.05) is 0 Å². The molecule has 2 rings (SSSR count). The Balaban J connectivity index is 2.10. The lowest BCUT2D eigenvalue weighted by Crippen LogP contribution is -2.55. The van der Waals surface area contributed by atoms with Gasteiger partial charge >= 0.3 is 5.97 Å². The van der Waals surface area contributed by atoms with Crippen LogP contribution in [0.5, 0.6) is 0 Å². The van der Waals surface area contributed by atoms with Crippen LogP contribution in [0.1, 0.15) is 37.3 Å². The monoisotopic (exact) mass is 425 g/mol. The van der Waals surface area contributed by atoms with E-state index in [2.05, 4.69) is 10.6 Å². The zero-order valence-electron chi connectivity index (χ0n) is 17.8. The van der Waals surface area contributed by atoms with Crippen molar-refractivity contribution in [1.82, 2.24) is 10.6 Å². The van der Waals surface area contributed by atoms with Crippen LogP contribution in [-0.2, 0) is 27.2 Å². The fourth-order valence-corrected chi connectivity index (χ4v) is 3.24. The Bertz CT molecular complexity index is 842. The van der Waals surface area contributed by atoms with Gasteiger partial charge in [-0.3, -0.25) is 9.59 Å². The van der Waals surface area contributed by atoms with Crippen molar-refractivity contribution in [3.05, 3.63) is 71.8 Å². The summed E-state index contributed by atoms with van der Waals surface area (Å²) >= 11 is 0. The van der Waals surface area contributed by atoms with Gasteiger partial charge in [-0.05, 0) is 24.0 Å². The first-order valence-corrected chi connectivity index (χ1v) is 10.6. The molecule has 2 aromatic carbocycles. The predicted octanol–water partition coefficient (Wildman–Crippen LogP) is 2.04. The third kappa shape index (κ3) is 8.22. The highest BCUT2D eigenvalue weighted by Crippen LogP contribution is 2.08. The van der Waals surface area contributed by atoms with Crippen molar-refractivity contribution in [2.24, 2.45) is 5.73 Å². The normalized spacial score (nSPS) is 13.6. The Hall–Kier alpha value is -3.19. The molecule has 0 aliphatic carbocycles. The Labute approximate surface area is 183 Å². The molecule has 2 aromatic rings. The maximum absolute atomic E-state index is 12.9. The Morgan fingerprint density at radius 3 is 1.87 bits per heavy atom. The highest BCUT2D eigenvalue weighted by atomic mass is 16.4. The first-order chi connectivity index (χ1) is 14.9. The summed E-state index contributed by atoms with van der Waals surface area (Å²) in [5, 5.41) is 14.7. The summed E-state index contributed by atoms with van der Waals surface area (Å²) in [7, 11) is 0. The fourth-order valence-electron chi connectivity index (χ4n) is 3.24. The van der Waals surface area contributed by atoms with E-state index in [0.717, 1.165) is 17.5 Å². The molecule has 2 amide bonds. The van der Waals surface area contributed by atoms with E-state index in [1.807, 2.05) is 67.6 Å². The molecule has 0 aliphatic heterocycles. The number of nitrogens with one attached hydrogen (secondary N) is 2. The molecule has 0 saturated carbocycles. The van der Waals surface area contributed by atoms with Gasteiger partial charge in [0, 0.05) is 6.42 Å². The maximum atomic E-state index is 12.9. The summed E-state index contributed by atoms with van der Waals surface area (Å²) in [6.45, 7) is 1.95. The summed E-state index contributed by atoms with van der Waals surface area (Å²) in [6.07, 6.45) is 2.39. The van der Waals surface area contributed by atoms with Crippen LogP contribution < -0.4 is 16.4 Å². The van der Waals surface area contributed by atoms with Crippen LogP contribution in [0.25, 0.3) is 0 Å². The minimum atomic E-state index is -1.09. The third-order valence-electron chi connectivity index (χ3n) is 5.01. The molecule has 5 N–H and O–H groups in total. The number of carbonyl (C=O) groups is 3. The van der Waals surface area contributed by atoms with Gasteiger partial charge in [-0.2, -0.15) is 0 Å². The highest BCUT2D eigenvalue weighted by Gasteiger charge is 2.28. The number of benzene rings is 2. The molecule has 31 heavy (non-hydrogen) atoms. The van der Waals surface area contributed by atoms with E-state index in [-0.39, 0.29) is 6.42 Å². The van der Waals surface area contributed by atoms with Crippen molar-refractivity contribution >= 4 is 17.8 Å². The summed E-state index contributed by atoms with van der Waals surface area (Å²) in [6, 6.07) is 15.9. The highest BCUT2D eigenvalue weighted by molar-refractivity contribution is 5.92. The van der Waals surface area contributed by atoms with E-state index in [0.29, 0.717) is 19.3 Å². The van der Waals surface area contributed by atoms with Gasteiger partial charge in [0.25, 0.3) is 0 Å². The predicted molar refractivity (Wildman–Crippen MR) is 119 cm³/mol. The minimum absolute atomic E-state index is 0.233. The second-order valence-corrected chi connectivity index (χ2v) is 7.59. The number of hydrogen-bond donors (Lipinski definition) is 4. The van der Waals surface area contributed by atoms with Crippen molar-refractivity contribution in [3.63, 3.8) is 0 Å². The maximum Gasteiger partial charge on any atom is 0.326 e. The van der Waals surface area contributed by atoms with Crippen LogP contribution in [0.2, 0.25) is 0 Å². The molecule has 7 heteroatoms. The van der Waals surface area contributed by atoms with Gasteiger partial charge in [0.15, 0.2) is 0 Å². The molecule has 0 spiro atoms. The zero-order chi connectivity index (χ0) is 22.6. The fraction of sp³-hybridized carbons (Fsp3) is 0.375. The third-order valence-corrected chi connectivity index (χ3v) is 5.01. The summed E-state index contributed by atoms with van der Waals surface area (Å²) in [4.78, 5) is 37.2. The van der Waals surface area contributed by atoms with Crippen LogP contribution in [0.4, 0.5) is 0 Å². The molecule has 0 unspecified atom stereocenters. The van der Waals surface area contributed by atoms with Gasteiger partial charge in [0.2, 0.25) is 11.8 Å². The molecule has 0 aromatic heterocycles. The standard InChI is InChI=1S/C24H31N3O4/c1-2-3-14-20(24(30)31)26-23(29)21(16-18-12-8-5-9-13-18)27-22(28)19(25)15-17-10-6-4-7-11-17/h4-13,19-21H,2-3,14-16,25H2,1H3,(H,26,29)(H,27,28)(H,30,31)/t19-,20-,21+/m0/s1. The largest absolute Gasteiger partial charge is 0.480 e. The average molecular weight is 426 g/mol. The van der Waals surface area contributed by atoms with E-state index in [1.54, 1.807) is 0 Å². The number of unbranched alkanes of at least 4 members (excludes halogenated alkanes) is 1. The summed E-state index contributed by atoms with van der Waals surface area (Å²) < 4.78 is 0. The summed E-state index contributed by atoms with van der Waals surface area (Å²) in [5.41, 5.74) is 7.83. The molecular weight excluding hydrogens is 394 g/mol. The molecule has 0 radical (unpaired) electrons. The average Bonchev–Trinajstić information content (AvgIpc) is 2.77. The molecule has 0 fully saturated rings. The smallest absolute Gasteiger partial charge is 0.326 e. The zero-order valence-corrected chi connectivity index (χ0v) is 17.8. The molecular formula is C24H31N3O4. The Morgan fingerprint density at radius 1 is 0.839 bits per heavy atom. The second-order valence-electron chi connectivity index (χ2n) is 7.59. The first kappa shape index (κ1) is 24.1. The molecule has 7 nitrogen and oxygen atoms in total. The quantitative estimate of drug-likeness (QED) is 0.415. The lowest BCUT2D eigenvalue weighted by molar-refractivity contribution is -0.142. The van der Waals surface area contributed by atoms with E-state index >= 15 is 0 Å². The number of aliphatic carboxylic acids is 1. The van der Waals surface area contributed by atoms with Gasteiger partial charge in [-0.15, -0.1) is 0 Å². The summed E-state index contributed by atoms with van der Waals surface area (Å²) in [5.74, 6) is -2.08. The number of rotatable bonds is 12. The van der Waals surface area contributed by atoms with E-state index in [1.165, 1.54) is 0 Å². The van der Waals surface area contributed by atoms with Crippen LogP contribution in [0.3, 0.4) is 0 Å². The number of carboxylic acids is 1. The number of amides is 2. The molecule has 0 bridgehead atoms. The molecule has 0 saturated heterocycles. The van der Waals surface area contributed by atoms with Crippen molar-refractivity contribution in [1.29, 1.82) is 0 Å². The van der Waals surface area contributed by atoms with Gasteiger partial charge < -0.3 is 21.5 Å². The van der Waals surface area contributed by atoms with Gasteiger partial charge in [-0.25, -0.2) is 4.79 Å². The topological polar surface area (TPSA) is 122 Å². The minimum Gasteiger partial charge on any atom is -0.480 e. The Kier molecular flexibility index (Phi) is 9.71. The first-order valence-electron chi connectivity index (χ1n) is 10.6. The van der Waals surface area contributed by atoms with E-state index < -0.39 is 35.9 Å². The molecule has 0 aliphatic rings. The van der Waals surface area contributed by atoms with Crippen LogP contribution >= 0.6 is 0 Å². The van der Waals surface area contributed by atoms with Gasteiger partial charge in [-0.1, -0.05) is 80.4 Å². The van der Waals surface area contributed by atoms with Crippen molar-refractivity contribution in [2.45, 2.75) is 57.2 Å². The molecule has 166 valence electrons. The van der Waals surface area contributed by atoms with E-state index in [9.17, 15) is 19.5 Å². The number of nitrogens with two attached hydrogens (primary N) is 1. The number of carbonyl (C=O) groups excluding carboxylic acids is 2.